The molecule has 11 aliphatic rings. The molecule has 0 aromatic rings. The van der Waals surface area contributed by atoms with Crippen LogP contribution in [0.4, 0.5) is 0 Å². The summed E-state index contributed by atoms with van der Waals surface area (Å²) >= 11 is 0. The van der Waals surface area contributed by atoms with Crippen LogP contribution in [0, 0.1) is 0 Å². The first-order valence-corrected chi connectivity index (χ1v) is 46.3. The lowest BCUT2D eigenvalue weighted by Gasteiger charge is -2.52. The molecular formula is C81H134N4O62. The Labute approximate surface area is 830 Å². The van der Waals surface area contributed by atoms with Gasteiger partial charge in [0.25, 0.3) is 11.6 Å². The summed E-state index contributed by atoms with van der Waals surface area (Å²) in [7, 11) is 0.909. The van der Waals surface area contributed by atoms with Gasteiger partial charge in [-0.3, -0.25) is 19.2 Å². The number of aliphatic hydroxyl groups excluding tert-OH is 32. The average Bonchev–Trinajstić information content (AvgIpc) is 0.750. The smallest absolute Gasteiger partial charge is 0.364 e. The molecule has 0 aromatic heterocycles. The van der Waals surface area contributed by atoms with Crippen molar-refractivity contribution in [2.24, 2.45) is 0 Å². The minimum atomic E-state index is -3.41. The molecule has 0 aromatic carbocycles. The van der Waals surface area contributed by atoms with Crippen LogP contribution in [0.2, 0.25) is 0 Å². The normalized spacial score (nSPS) is 47.3. The monoisotopic (exact) mass is 2150 g/mol. The van der Waals surface area contributed by atoms with Crippen molar-refractivity contribution in [3.63, 3.8) is 0 Å². The van der Waals surface area contributed by atoms with Crippen molar-refractivity contribution in [2.75, 3.05) is 79.8 Å². The Morgan fingerprint density at radius 2 is 0.551 bits per heavy atom. The second-order valence-corrected chi connectivity index (χ2v) is 36.8. The molecule has 0 aliphatic carbocycles. The van der Waals surface area contributed by atoms with Crippen LogP contribution in [0.1, 0.15) is 40.5 Å². The van der Waals surface area contributed by atoms with Gasteiger partial charge in [-0.25, -0.2) is 9.59 Å². The van der Waals surface area contributed by atoms with Crippen LogP contribution >= 0.6 is 0 Å². The highest BCUT2D eigenvalue weighted by molar-refractivity contribution is 5.78. The number of ether oxygens (including phenoxy) is 22. The molecule has 57 atom stereocenters. The zero-order valence-electron chi connectivity index (χ0n) is 78.6. The Hall–Kier alpha value is -5.34. The van der Waals surface area contributed by atoms with Crippen molar-refractivity contribution in [3.8, 4) is 0 Å². The maximum absolute atomic E-state index is 13.8. The number of carboxylic acids is 2. The number of nitrogens with one attached hydrogen (secondary N) is 4. The molecule has 11 heterocycles. The lowest BCUT2D eigenvalue weighted by molar-refractivity contribution is -0.405. The summed E-state index contributed by atoms with van der Waals surface area (Å²) in [6.45, 7) is -10.4. The van der Waals surface area contributed by atoms with Crippen LogP contribution in [-0.4, -0.2) is 638 Å². The van der Waals surface area contributed by atoms with Gasteiger partial charge in [0.05, 0.1) is 97.0 Å². The average molecular weight is 2160 g/mol. The van der Waals surface area contributed by atoms with Gasteiger partial charge in [0.15, 0.2) is 56.6 Å². The molecule has 38 N–H and O–H groups in total. The molecule has 0 radical (unpaired) electrons. The molecule has 11 saturated heterocycles. The van der Waals surface area contributed by atoms with Crippen LogP contribution in [0.5, 0.6) is 0 Å². The largest absolute Gasteiger partial charge is 0.477 e. The van der Waals surface area contributed by atoms with Gasteiger partial charge in [-0.05, 0) is 0 Å². The quantitative estimate of drug-likeness (QED) is 0.0270. The number of carboxylic acid groups (broad SMARTS) is 2. The third-order valence-corrected chi connectivity index (χ3v) is 26.7. The van der Waals surface area contributed by atoms with E-state index in [9.17, 15) is 202 Å². The first-order valence-electron chi connectivity index (χ1n) is 46.3. The summed E-state index contributed by atoms with van der Waals surface area (Å²) < 4.78 is 132. The Balaban J connectivity index is 0.896. The van der Waals surface area contributed by atoms with Crippen molar-refractivity contribution in [3.05, 3.63) is 0 Å². The lowest BCUT2D eigenvalue weighted by atomic mass is 9.88. The second-order valence-electron chi connectivity index (χ2n) is 36.8. The maximum atomic E-state index is 13.8. The van der Waals surface area contributed by atoms with Crippen molar-refractivity contribution >= 4 is 35.6 Å². The van der Waals surface area contributed by atoms with E-state index < -0.39 is 470 Å². The summed E-state index contributed by atoms with van der Waals surface area (Å²) in [5, 5.41) is 391. The topological polar surface area (TPSA) is 1040 Å². The van der Waals surface area contributed by atoms with E-state index >= 15 is 0 Å². The minimum Gasteiger partial charge on any atom is -0.477 e. The van der Waals surface area contributed by atoms with Crippen LogP contribution in [0.3, 0.4) is 0 Å². The molecule has 147 heavy (non-hydrogen) atoms. The molecule has 57 unspecified atom stereocenters. The van der Waals surface area contributed by atoms with Crippen molar-refractivity contribution in [1.29, 1.82) is 0 Å². The number of aliphatic carboxylic acids is 2. The maximum Gasteiger partial charge on any atom is 0.364 e. The number of hydrogen-bond donors (Lipinski definition) is 38. The summed E-state index contributed by atoms with van der Waals surface area (Å²) in [6.07, 6.45) is -120. The SMILES string of the molecule is COC1OC(COC2OC(CO)C(O)C(O)C2OC2OC(CO)C(OC3OC(CO)C(O)C(OC4(C(=O)O)CC(O)C(NC(C)=O)C(C(O)C(O)CO)O4)C3O)C(OC3OC(CO)C(O)C(O)C3O)C2NC(C)=O)C(O)C(OC2OC(CO)C(O)C(O)C2OC2OC(CO)C(OC3OC(CO)C(O)C(OC4(C(=O)O)CC(O)C(NC(C)=O)C(C(O)C(O)CO)O4)C3O)C(OC3OC(CO)C(O)C(O)C3O)C2NC(C)=O)C1O. The van der Waals surface area contributed by atoms with Crippen molar-refractivity contribution in [1.82, 2.24) is 21.3 Å². The number of carbonyl (C=O) groups is 6. The summed E-state index contributed by atoms with van der Waals surface area (Å²) in [5.74, 6) is -15.4. The van der Waals surface area contributed by atoms with E-state index in [-0.39, 0.29) is 0 Å². The fraction of sp³-hybridized carbons (Fsp3) is 0.926. The van der Waals surface area contributed by atoms with Gasteiger partial charge in [-0.2, -0.15) is 0 Å². The molecular weight excluding hydrogens is 2020 g/mol. The fourth-order valence-corrected chi connectivity index (χ4v) is 19.0. The third kappa shape index (κ3) is 26.5. The first-order chi connectivity index (χ1) is 69.4. The molecule has 11 aliphatic heterocycles. The molecule has 0 saturated carbocycles. The molecule has 66 nitrogen and oxygen atoms in total. The van der Waals surface area contributed by atoms with Gasteiger partial charge in [-0.1, -0.05) is 0 Å². The zero-order valence-corrected chi connectivity index (χ0v) is 78.6. The van der Waals surface area contributed by atoms with Gasteiger partial charge in [-0.15, -0.1) is 0 Å². The summed E-state index contributed by atoms with van der Waals surface area (Å²) in [6, 6.07) is -8.11. The van der Waals surface area contributed by atoms with E-state index in [2.05, 4.69) is 21.3 Å². The van der Waals surface area contributed by atoms with Crippen LogP contribution in [0.15, 0.2) is 0 Å². The number of methoxy groups -OCH3 is 1. The molecule has 11 rings (SSSR count). The van der Waals surface area contributed by atoms with Gasteiger partial charge >= 0.3 is 11.9 Å². The van der Waals surface area contributed by atoms with E-state index in [4.69, 9.17) is 104 Å². The fourth-order valence-electron chi connectivity index (χ4n) is 19.0. The zero-order chi connectivity index (χ0) is 109. The highest BCUT2D eigenvalue weighted by Crippen LogP contribution is 2.46. The lowest BCUT2D eigenvalue weighted by Crippen LogP contribution is -2.72. The van der Waals surface area contributed by atoms with Crippen molar-refractivity contribution in [2.45, 2.75) is 389 Å². The Morgan fingerprint density at radius 3 is 0.878 bits per heavy atom. The van der Waals surface area contributed by atoms with Crippen molar-refractivity contribution < 1.29 is 307 Å². The first kappa shape index (κ1) is 122. The van der Waals surface area contributed by atoms with Gasteiger partial charge in [0.2, 0.25) is 23.6 Å². The van der Waals surface area contributed by atoms with E-state index in [1.54, 1.807) is 0 Å². The Morgan fingerprint density at radius 1 is 0.286 bits per heavy atom. The molecule has 66 heteroatoms. The number of amides is 4. The highest BCUT2D eigenvalue weighted by Gasteiger charge is 2.67. The molecule has 0 spiro atoms. The molecule has 11 fully saturated rings. The number of hydrogen-bond acceptors (Lipinski definition) is 60. The van der Waals surface area contributed by atoms with Crippen LogP contribution in [0.25, 0.3) is 0 Å². The van der Waals surface area contributed by atoms with Crippen LogP contribution in [-0.2, 0) is 133 Å². The number of aliphatic hydroxyl groups is 32. The highest BCUT2D eigenvalue weighted by atomic mass is 16.8. The number of rotatable bonds is 42. The Kier molecular flexibility index (Phi) is 43.5. The number of carbonyl (C=O) groups excluding carboxylic acids is 4. The third-order valence-electron chi connectivity index (χ3n) is 26.7. The summed E-state index contributed by atoms with van der Waals surface area (Å²) in [4.78, 5) is 79.2. The predicted molar refractivity (Wildman–Crippen MR) is 448 cm³/mol. The van der Waals surface area contributed by atoms with Gasteiger partial charge in [0, 0.05) is 47.6 Å². The minimum absolute atomic E-state index is 0.819. The summed E-state index contributed by atoms with van der Waals surface area (Å²) in [5.41, 5.74) is 0. The molecule has 0 bridgehead atoms. The van der Waals surface area contributed by atoms with E-state index in [0.717, 1.165) is 34.8 Å². The van der Waals surface area contributed by atoms with E-state index in [1.807, 2.05) is 0 Å². The molecule has 4 amide bonds. The van der Waals surface area contributed by atoms with Crippen LogP contribution < -0.4 is 21.3 Å². The standard InChI is InChI=1S/C81H134N4O62/c1-19(96)82-36-23(100)6-80(78(122)123,144-60(36)40(104)25(102)8-86)146-65-46(110)31(14-92)130-74(56(65)120)137-58-33(16-94)134-69(38(84-21(3)98)62(58)139-72-53(117)49(113)42(106)27(10-88)128-72)142-67-51(115)44(108)29(12-90)132-76(67)127-18-35-48(112)64(55(119)71(126-5)136-35)141-77-68(52(116)45(109)30(13-91)133-77)143-70-39(85-22(4)99)63(140-73-54(118)50(114)43(107)28(11-89)129-73)59(34(17-95)135-70)138-75-57(121)66(47(111)32(15-93)131-75)147-81(79(124)125)7-24(101)37(83-20(2)97)61(145-81)41(105)26(103)9-87/h23-77,86-95,100-121H,6-18H2,1-5H3,(H,82,96)(H,83,97)(H,84,98)(H,85,99)(H,122,123)(H,124,125). The predicted octanol–water partition coefficient (Wildman–Crippen LogP) is -25.3. The molecule has 850 valence electrons. The second kappa shape index (κ2) is 52.5. The van der Waals surface area contributed by atoms with E-state index in [0.29, 0.717) is 0 Å². The van der Waals surface area contributed by atoms with Gasteiger partial charge in [0.1, 0.15) is 256 Å². The van der Waals surface area contributed by atoms with E-state index in [1.165, 1.54) is 0 Å². The Bertz CT molecular complexity index is 4160. The van der Waals surface area contributed by atoms with Gasteiger partial charge < -0.3 is 299 Å².